The van der Waals surface area contributed by atoms with Crippen molar-refractivity contribution in [2.45, 2.75) is 41.7 Å². The first-order valence-electron chi connectivity index (χ1n) is 10.1. The minimum absolute atomic E-state index is 0.0104. The normalized spacial score (nSPS) is 21.9. The highest BCUT2D eigenvalue weighted by Crippen LogP contribution is 2.28. The van der Waals surface area contributed by atoms with Gasteiger partial charge in [0.1, 0.15) is 5.03 Å². The van der Waals surface area contributed by atoms with Crippen LogP contribution in [0.5, 0.6) is 0 Å². The standard InChI is InChI=1S/C21H25BrN4O2S/c22-16-5-7-18(8-6-16)29-20-10-9-19(24-25-20)26-11-1-3-15(14-26)21(27)23-13-17-4-2-12-28-17/h5-10,15,17H,1-4,11-14H2,(H,23,27)/t15-,17+/m0/s1. The summed E-state index contributed by atoms with van der Waals surface area (Å²) in [5.41, 5.74) is 0. The molecule has 0 unspecified atom stereocenters. The van der Waals surface area contributed by atoms with Crippen molar-refractivity contribution in [3.8, 4) is 0 Å². The first-order chi connectivity index (χ1) is 14.2. The molecule has 1 aromatic carbocycles. The van der Waals surface area contributed by atoms with Crippen molar-refractivity contribution < 1.29 is 9.53 Å². The number of ether oxygens (including phenoxy) is 1. The number of anilines is 1. The van der Waals surface area contributed by atoms with E-state index in [4.69, 9.17) is 4.74 Å². The van der Waals surface area contributed by atoms with Crippen molar-refractivity contribution >= 4 is 39.4 Å². The van der Waals surface area contributed by atoms with Crippen LogP contribution < -0.4 is 10.2 Å². The van der Waals surface area contributed by atoms with Crippen LogP contribution in [-0.2, 0) is 9.53 Å². The summed E-state index contributed by atoms with van der Waals surface area (Å²) in [6.45, 7) is 3.03. The van der Waals surface area contributed by atoms with Crippen LogP contribution in [0.1, 0.15) is 25.7 Å². The molecule has 1 aromatic heterocycles. The summed E-state index contributed by atoms with van der Waals surface area (Å²) in [5, 5.41) is 12.7. The molecule has 6 nitrogen and oxygen atoms in total. The van der Waals surface area contributed by atoms with Gasteiger partial charge in [0.15, 0.2) is 5.82 Å². The van der Waals surface area contributed by atoms with Crippen LogP contribution in [0, 0.1) is 5.92 Å². The van der Waals surface area contributed by atoms with Crippen molar-refractivity contribution in [2.24, 2.45) is 5.92 Å². The zero-order chi connectivity index (χ0) is 20.1. The number of hydrogen-bond donors (Lipinski definition) is 1. The number of nitrogens with one attached hydrogen (secondary N) is 1. The van der Waals surface area contributed by atoms with E-state index in [1.54, 1.807) is 11.8 Å². The Kier molecular flexibility index (Phi) is 7.05. The summed E-state index contributed by atoms with van der Waals surface area (Å²) >= 11 is 5.04. The van der Waals surface area contributed by atoms with Gasteiger partial charge in [0, 0.05) is 35.6 Å². The van der Waals surface area contributed by atoms with Gasteiger partial charge in [-0.05, 0) is 62.1 Å². The molecule has 1 amide bonds. The van der Waals surface area contributed by atoms with Gasteiger partial charge in [0.25, 0.3) is 0 Å². The molecule has 2 fully saturated rings. The van der Waals surface area contributed by atoms with E-state index >= 15 is 0 Å². The molecule has 2 aromatic rings. The number of benzene rings is 1. The lowest BCUT2D eigenvalue weighted by molar-refractivity contribution is -0.125. The van der Waals surface area contributed by atoms with Crippen molar-refractivity contribution in [3.05, 3.63) is 40.9 Å². The zero-order valence-corrected chi connectivity index (χ0v) is 18.6. The van der Waals surface area contributed by atoms with E-state index < -0.39 is 0 Å². The van der Waals surface area contributed by atoms with Gasteiger partial charge in [-0.25, -0.2) is 0 Å². The van der Waals surface area contributed by atoms with Crippen LogP contribution in [0.25, 0.3) is 0 Å². The topological polar surface area (TPSA) is 67.3 Å². The van der Waals surface area contributed by atoms with Crippen LogP contribution in [0.4, 0.5) is 5.82 Å². The molecule has 2 aliphatic heterocycles. The van der Waals surface area contributed by atoms with Crippen LogP contribution >= 0.6 is 27.7 Å². The van der Waals surface area contributed by atoms with Crippen LogP contribution in [0.15, 0.2) is 50.8 Å². The van der Waals surface area contributed by atoms with Crippen molar-refractivity contribution in [1.82, 2.24) is 15.5 Å². The summed E-state index contributed by atoms with van der Waals surface area (Å²) in [6.07, 6.45) is 4.21. The number of rotatable bonds is 6. The van der Waals surface area contributed by atoms with E-state index in [9.17, 15) is 4.79 Å². The fourth-order valence-electron chi connectivity index (χ4n) is 3.72. The molecule has 29 heavy (non-hydrogen) atoms. The molecule has 0 bridgehead atoms. The molecular formula is C21H25BrN4O2S. The summed E-state index contributed by atoms with van der Waals surface area (Å²) < 4.78 is 6.65. The van der Waals surface area contributed by atoms with E-state index in [0.717, 1.165) is 59.0 Å². The van der Waals surface area contributed by atoms with Gasteiger partial charge in [-0.2, -0.15) is 0 Å². The third kappa shape index (κ3) is 5.71. The first-order valence-corrected chi connectivity index (χ1v) is 11.7. The quantitative estimate of drug-likeness (QED) is 0.681. The van der Waals surface area contributed by atoms with Gasteiger partial charge in [-0.1, -0.05) is 27.7 Å². The number of carbonyl (C=O) groups is 1. The molecule has 154 valence electrons. The number of nitrogens with zero attached hydrogens (tertiary/aromatic N) is 3. The second kappa shape index (κ2) is 9.91. The summed E-state index contributed by atoms with van der Waals surface area (Å²) in [7, 11) is 0. The number of hydrogen-bond acceptors (Lipinski definition) is 6. The second-order valence-electron chi connectivity index (χ2n) is 7.45. The van der Waals surface area contributed by atoms with E-state index in [2.05, 4.69) is 48.5 Å². The molecule has 2 atom stereocenters. The van der Waals surface area contributed by atoms with Gasteiger partial charge in [0.2, 0.25) is 5.91 Å². The van der Waals surface area contributed by atoms with Crippen LogP contribution in [0.3, 0.4) is 0 Å². The Hall–Kier alpha value is -1.64. The number of piperidine rings is 1. The Bertz CT molecular complexity index is 812. The van der Waals surface area contributed by atoms with Crippen molar-refractivity contribution in [2.75, 3.05) is 31.1 Å². The Labute approximate surface area is 183 Å². The summed E-state index contributed by atoms with van der Waals surface area (Å²) in [6, 6.07) is 12.1. The molecule has 8 heteroatoms. The predicted molar refractivity (Wildman–Crippen MR) is 117 cm³/mol. The van der Waals surface area contributed by atoms with Crippen molar-refractivity contribution in [1.29, 1.82) is 0 Å². The molecule has 0 spiro atoms. The molecular weight excluding hydrogens is 452 g/mol. The molecule has 2 aliphatic rings. The average Bonchev–Trinajstić information content (AvgIpc) is 3.28. The maximum atomic E-state index is 12.6. The molecule has 2 saturated heterocycles. The van der Waals surface area contributed by atoms with Crippen LogP contribution in [-0.4, -0.2) is 48.4 Å². The summed E-state index contributed by atoms with van der Waals surface area (Å²) in [5.74, 6) is 0.950. The molecule has 0 saturated carbocycles. The van der Waals surface area contributed by atoms with Gasteiger partial charge < -0.3 is 15.0 Å². The minimum Gasteiger partial charge on any atom is -0.376 e. The van der Waals surface area contributed by atoms with E-state index in [-0.39, 0.29) is 17.9 Å². The fraction of sp³-hybridized carbons (Fsp3) is 0.476. The highest BCUT2D eigenvalue weighted by Gasteiger charge is 2.27. The number of aromatic nitrogens is 2. The van der Waals surface area contributed by atoms with Gasteiger partial charge in [-0.3, -0.25) is 4.79 Å². The minimum atomic E-state index is -0.0104. The fourth-order valence-corrected chi connectivity index (χ4v) is 4.72. The monoisotopic (exact) mass is 476 g/mol. The van der Waals surface area contributed by atoms with E-state index in [1.807, 2.05) is 24.3 Å². The third-order valence-corrected chi connectivity index (χ3v) is 6.77. The maximum Gasteiger partial charge on any atom is 0.224 e. The van der Waals surface area contributed by atoms with Gasteiger partial charge in [-0.15, -0.1) is 10.2 Å². The highest BCUT2D eigenvalue weighted by atomic mass is 79.9. The second-order valence-corrected chi connectivity index (χ2v) is 9.46. The molecule has 1 N–H and O–H groups in total. The Morgan fingerprint density at radius 1 is 1.17 bits per heavy atom. The van der Waals surface area contributed by atoms with Gasteiger partial charge in [0.05, 0.1) is 12.0 Å². The number of halogens is 1. The first kappa shape index (κ1) is 20.6. The van der Waals surface area contributed by atoms with E-state index in [1.165, 1.54) is 0 Å². The number of carbonyl (C=O) groups excluding carboxylic acids is 1. The Morgan fingerprint density at radius 3 is 2.76 bits per heavy atom. The Morgan fingerprint density at radius 2 is 2.03 bits per heavy atom. The van der Waals surface area contributed by atoms with Crippen molar-refractivity contribution in [3.63, 3.8) is 0 Å². The molecule has 0 aliphatic carbocycles. The summed E-state index contributed by atoms with van der Waals surface area (Å²) in [4.78, 5) is 15.9. The lowest BCUT2D eigenvalue weighted by atomic mass is 9.97. The predicted octanol–water partition coefficient (Wildman–Crippen LogP) is 3.90. The smallest absolute Gasteiger partial charge is 0.224 e. The average molecular weight is 477 g/mol. The highest BCUT2D eigenvalue weighted by molar-refractivity contribution is 9.10. The lowest BCUT2D eigenvalue weighted by Gasteiger charge is -2.32. The molecule has 4 rings (SSSR count). The van der Waals surface area contributed by atoms with Crippen LogP contribution in [0.2, 0.25) is 0 Å². The lowest BCUT2D eigenvalue weighted by Crippen LogP contribution is -2.45. The molecule has 0 radical (unpaired) electrons. The number of amides is 1. The van der Waals surface area contributed by atoms with Gasteiger partial charge >= 0.3 is 0 Å². The largest absolute Gasteiger partial charge is 0.376 e. The van der Waals surface area contributed by atoms with E-state index in [0.29, 0.717) is 13.1 Å². The third-order valence-electron chi connectivity index (χ3n) is 5.31. The molecule has 3 heterocycles. The maximum absolute atomic E-state index is 12.6. The Balaban J connectivity index is 1.31. The zero-order valence-electron chi connectivity index (χ0n) is 16.2. The SMILES string of the molecule is O=C(NC[C@H]1CCCO1)[C@H]1CCCN(c2ccc(Sc3ccc(Br)cc3)nn2)C1.